The highest BCUT2D eigenvalue weighted by molar-refractivity contribution is 8.00. The van der Waals surface area contributed by atoms with Crippen LogP contribution in [0, 0.1) is 0 Å². The topological polar surface area (TPSA) is 38.8 Å². The van der Waals surface area contributed by atoms with E-state index in [1.807, 2.05) is 41.3 Å². The normalized spacial score (nSPS) is 19.7. The largest absolute Gasteiger partial charge is 0.454 e. The Bertz CT molecular complexity index is 704. The monoisotopic (exact) mass is 313 g/mol. The number of amides is 1. The zero-order valence-electron chi connectivity index (χ0n) is 11.9. The van der Waals surface area contributed by atoms with Crippen molar-refractivity contribution in [2.75, 3.05) is 12.5 Å². The van der Waals surface area contributed by atoms with E-state index in [1.165, 1.54) is 5.56 Å². The lowest BCUT2D eigenvalue weighted by molar-refractivity contribution is -0.128. The molecule has 4 nitrogen and oxygen atoms in total. The van der Waals surface area contributed by atoms with Gasteiger partial charge in [-0.2, -0.15) is 0 Å². The van der Waals surface area contributed by atoms with Gasteiger partial charge < -0.3 is 14.4 Å². The average molecular weight is 313 g/mol. The number of rotatable bonds is 3. The third-order valence-electron chi connectivity index (χ3n) is 3.84. The van der Waals surface area contributed by atoms with E-state index in [9.17, 15) is 4.79 Å². The van der Waals surface area contributed by atoms with Gasteiger partial charge in [0.05, 0.1) is 5.75 Å². The maximum atomic E-state index is 12.2. The van der Waals surface area contributed by atoms with Crippen LogP contribution in [0.1, 0.15) is 16.5 Å². The van der Waals surface area contributed by atoms with Gasteiger partial charge in [-0.3, -0.25) is 4.79 Å². The molecule has 2 heterocycles. The molecule has 1 fully saturated rings. The minimum absolute atomic E-state index is 0.0825. The fourth-order valence-corrected chi connectivity index (χ4v) is 3.94. The first-order valence-corrected chi connectivity index (χ1v) is 8.21. The molecule has 1 atom stereocenters. The number of carbonyl (C=O) groups excluding carboxylic acids is 1. The molecule has 112 valence electrons. The first-order chi connectivity index (χ1) is 10.8. The number of thioether (sulfide) groups is 1. The summed E-state index contributed by atoms with van der Waals surface area (Å²) in [4.78, 5) is 14.2. The van der Waals surface area contributed by atoms with Gasteiger partial charge in [-0.15, -0.1) is 11.8 Å². The van der Waals surface area contributed by atoms with E-state index >= 15 is 0 Å². The van der Waals surface area contributed by atoms with E-state index in [4.69, 9.17) is 9.47 Å². The van der Waals surface area contributed by atoms with E-state index in [1.54, 1.807) is 11.8 Å². The van der Waals surface area contributed by atoms with Crippen molar-refractivity contribution in [3.05, 3.63) is 59.7 Å². The van der Waals surface area contributed by atoms with E-state index in [0.717, 1.165) is 17.1 Å². The van der Waals surface area contributed by atoms with Crippen LogP contribution in [0.25, 0.3) is 0 Å². The van der Waals surface area contributed by atoms with Crippen LogP contribution in [-0.2, 0) is 11.3 Å². The number of fused-ring (bicyclic) bond motifs is 1. The third kappa shape index (κ3) is 2.41. The number of ether oxygens (including phenoxy) is 2. The van der Waals surface area contributed by atoms with Gasteiger partial charge >= 0.3 is 0 Å². The summed E-state index contributed by atoms with van der Waals surface area (Å²) in [5.41, 5.74) is 2.22. The van der Waals surface area contributed by atoms with E-state index in [0.29, 0.717) is 12.3 Å². The predicted molar refractivity (Wildman–Crippen MR) is 84.8 cm³/mol. The Labute approximate surface area is 133 Å². The zero-order valence-corrected chi connectivity index (χ0v) is 12.7. The van der Waals surface area contributed by atoms with E-state index < -0.39 is 0 Å². The fourth-order valence-electron chi connectivity index (χ4n) is 2.75. The highest BCUT2D eigenvalue weighted by atomic mass is 32.2. The van der Waals surface area contributed by atoms with Crippen LogP contribution in [0.3, 0.4) is 0 Å². The molecule has 5 heteroatoms. The molecule has 0 aromatic heterocycles. The number of hydrogen-bond acceptors (Lipinski definition) is 4. The fraction of sp³-hybridized carbons (Fsp3) is 0.235. The minimum Gasteiger partial charge on any atom is -0.454 e. The van der Waals surface area contributed by atoms with Gasteiger partial charge in [0.15, 0.2) is 11.5 Å². The van der Waals surface area contributed by atoms with Crippen molar-refractivity contribution in [3.8, 4) is 11.5 Å². The number of carbonyl (C=O) groups is 1. The van der Waals surface area contributed by atoms with Gasteiger partial charge in [0.2, 0.25) is 12.7 Å². The molecule has 2 aromatic carbocycles. The van der Waals surface area contributed by atoms with Gasteiger partial charge in [-0.25, -0.2) is 0 Å². The molecule has 2 aromatic rings. The number of benzene rings is 2. The lowest BCUT2D eigenvalue weighted by Crippen LogP contribution is -2.27. The smallest absolute Gasteiger partial charge is 0.234 e. The summed E-state index contributed by atoms with van der Waals surface area (Å²) in [5, 5.41) is 0.0825. The highest BCUT2D eigenvalue weighted by Crippen LogP contribution is 2.40. The summed E-state index contributed by atoms with van der Waals surface area (Å²) in [6.45, 7) is 0.853. The molecular weight excluding hydrogens is 298 g/mol. The molecule has 2 aliphatic heterocycles. The molecule has 1 amide bonds. The van der Waals surface area contributed by atoms with Crippen LogP contribution >= 0.6 is 11.8 Å². The Balaban J connectivity index is 1.59. The molecule has 1 unspecified atom stereocenters. The second-order valence-electron chi connectivity index (χ2n) is 5.28. The Morgan fingerprint density at radius 1 is 1.09 bits per heavy atom. The van der Waals surface area contributed by atoms with Crippen molar-refractivity contribution >= 4 is 17.7 Å². The Kier molecular flexibility index (Phi) is 3.42. The van der Waals surface area contributed by atoms with Crippen molar-refractivity contribution in [2.24, 2.45) is 0 Å². The molecule has 0 bridgehead atoms. The van der Waals surface area contributed by atoms with Crippen LogP contribution < -0.4 is 9.47 Å². The molecule has 4 rings (SSSR count). The van der Waals surface area contributed by atoms with Crippen molar-refractivity contribution < 1.29 is 14.3 Å². The van der Waals surface area contributed by atoms with Gasteiger partial charge in [0, 0.05) is 6.54 Å². The summed E-state index contributed by atoms with van der Waals surface area (Å²) in [7, 11) is 0. The minimum atomic E-state index is 0.0825. The highest BCUT2D eigenvalue weighted by Gasteiger charge is 2.32. The summed E-state index contributed by atoms with van der Waals surface area (Å²) < 4.78 is 10.7. The predicted octanol–water partition coefficient (Wildman–Crippen LogP) is 3.19. The quantitative estimate of drug-likeness (QED) is 0.872. The van der Waals surface area contributed by atoms with Gasteiger partial charge in [0.1, 0.15) is 5.37 Å². The zero-order chi connectivity index (χ0) is 14.9. The van der Waals surface area contributed by atoms with Crippen molar-refractivity contribution in [1.82, 2.24) is 4.90 Å². The van der Waals surface area contributed by atoms with E-state index in [-0.39, 0.29) is 18.1 Å². The second-order valence-corrected chi connectivity index (χ2v) is 6.35. The first kappa shape index (κ1) is 13.5. The van der Waals surface area contributed by atoms with Crippen LogP contribution in [0.2, 0.25) is 0 Å². The maximum absolute atomic E-state index is 12.2. The molecular formula is C17H15NO3S. The first-order valence-electron chi connectivity index (χ1n) is 7.16. The Morgan fingerprint density at radius 3 is 2.77 bits per heavy atom. The van der Waals surface area contributed by atoms with Gasteiger partial charge in [0.25, 0.3) is 0 Å². The van der Waals surface area contributed by atoms with Crippen LogP contribution in [0.15, 0.2) is 48.5 Å². The lowest BCUT2D eigenvalue weighted by atomic mass is 10.1. The van der Waals surface area contributed by atoms with Gasteiger partial charge in [-0.1, -0.05) is 36.4 Å². The average Bonchev–Trinajstić information content (AvgIpc) is 3.15. The second kappa shape index (κ2) is 5.57. The third-order valence-corrected chi connectivity index (χ3v) is 5.10. The molecule has 1 saturated heterocycles. The summed E-state index contributed by atoms with van der Waals surface area (Å²) >= 11 is 1.68. The lowest BCUT2D eigenvalue weighted by Gasteiger charge is -2.24. The van der Waals surface area contributed by atoms with Gasteiger partial charge in [-0.05, 0) is 23.3 Å². The van der Waals surface area contributed by atoms with Crippen molar-refractivity contribution in [3.63, 3.8) is 0 Å². The number of nitrogens with zero attached hydrogens (tertiary/aromatic N) is 1. The van der Waals surface area contributed by atoms with Crippen molar-refractivity contribution in [1.29, 1.82) is 0 Å². The Hall–Kier alpha value is -2.14. The summed E-state index contributed by atoms with van der Waals surface area (Å²) in [5.74, 6) is 2.24. The molecule has 0 spiro atoms. The van der Waals surface area contributed by atoms with Crippen LogP contribution in [-0.4, -0.2) is 23.4 Å². The molecule has 0 N–H and O–H groups in total. The molecule has 0 radical (unpaired) electrons. The maximum Gasteiger partial charge on any atom is 0.234 e. The van der Waals surface area contributed by atoms with Crippen LogP contribution in [0.5, 0.6) is 11.5 Å². The standard InChI is InChI=1S/C17H15NO3S/c19-16-10-22-17(13-4-2-1-3-5-13)18(16)9-12-6-7-14-15(8-12)21-11-20-14/h1-8,17H,9-11H2. The van der Waals surface area contributed by atoms with Crippen molar-refractivity contribution in [2.45, 2.75) is 11.9 Å². The molecule has 2 aliphatic rings. The van der Waals surface area contributed by atoms with Crippen LogP contribution in [0.4, 0.5) is 0 Å². The molecule has 22 heavy (non-hydrogen) atoms. The molecule has 0 aliphatic carbocycles. The Morgan fingerprint density at radius 2 is 1.91 bits per heavy atom. The summed E-state index contributed by atoms with van der Waals surface area (Å²) in [6.07, 6.45) is 0. The SMILES string of the molecule is O=C1CSC(c2ccccc2)N1Cc1ccc2c(c1)OCO2. The number of hydrogen-bond donors (Lipinski definition) is 0. The molecule has 0 saturated carbocycles. The van der Waals surface area contributed by atoms with E-state index in [2.05, 4.69) is 12.1 Å². The summed E-state index contributed by atoms with van der Waals surface area (Å²) in [6, 6.07) is 16.0.